The predicted octanol–water partition coefficient (Wildman–Crippen LogP) is 6.48. The van der Waals surface area contributed by atoms with Crippen molar-refractivity contribution in [3.05, 3.63) is 63.9 Å². The van der Waals surface area contributed by atoms with E-state index in [1.165, 1.54) is 5.56 Å². The number of halogens is 3. The third kappa shape index (κ3) is 4.36. The van der Waals surface area contributed by atoms with E-state index < -0.39 is 5.82 Å². The molecule has 0 aliphatic rings. The van der Waals surface area contributed by atoms with E-state index in [1.54, 1.807) is 12.1 Å². The summed E-state index contributed by atoms with van der Waals surface area (Å²) < 4.78 is 13.5. The molecule has 1 atom stereocenters. The molecule has 2 aromatic carbocycles. The normalized spacial score (nSPS) is 12.2. The Balaban J connectivity index is 2.23. The van der Waals surface area contributed by atoms with Crippen molar-refractivity contribution >= 4 is 28.9 Å². The van der Waals surface area contributed by atoms with Crippen molar-refractivity contribution in [2.45, 2.75) is 32.2 Å². The van der Waals surface area contributed by atoms with Crippen molar-refractivity contribution in [3.8, 4) is 0 Å². The van der Waals surface area contributed by atoms with Gasteiger partial charge in [0.05, 0.1) is 16.1 Å². The van der Waals surface area contributed by atoms with Gasteiger partial charge < -0.3 is 5.32 Å². The maximum atomic E-state index is 13.5. The van der Waals surface area contributed by atoms with Gasteiger partial charge in [0, 0.05) is 5.69 Å². The van der Waals surface area contributed by atoms with E-state index in [1.807, 2.05) is 18.2 Å². The lowest BCUT2D eigenvalue weighted by Crippen LogP contribution is -2.11. The first kappa shape index (κ1) is 16.1. The van der Waals surface area contributed by atoms with Crippen LogP contribution in [0.3, 0.4) is 0 Å². The van der Waals surface area contributed by atoms with Gasteiger partial charge >= 0.3 is 0 Å². The summed E-state index contributed by atoms with van der Waals surface area (Å²) in [6.45, 7) is 2.16. The summed E-state index contributed by atoms with van der Waals surface area (Å²) in [6.07, 6.45) is 3.22. The molecule has 1 N–H and O–H groups in total. The molecule has 112 valence electrons. The molecule has 0 radical (unpaired) electrons. The lowest BCUT2D eigenvalue weighted by atomic mass is 10.0. The number of hydrogen-bond donors (Lipinski definition) is 1. The molecule has 0 saturated carbocycles. The minimum absolute atomic E-state index is 0.0345. The Labute approximate surface area is 135 Å². The van der Waals surface area contributed by atoms with Gasteiger partial charge in [-0.05, 0) is 24.1 Å². The van der Waals surface area contributed by atoms with Crippen LogP contribution in [0.5, 0.6) is 0 Å². The molecule has 0 fully saturated rings. The van der Waals surface area contributed by atoms with Crippen molar-refractivity contribution < 1.29 is 4.39 Å². The molecule has 2 aromatic rings. The van der Waals surface area contributed by atoms with E-state index in [4.69, 9.17) is 23.2 Å². The summed E-state index contributed by atoms with van der Waals surface area (Å²) in [5.41, 5.74) is 1.93. The van der Waals surface area contributed by atoms with E-state index >= 15 is 0 Å². The van der Waals surface area contributed by atoms with Crippen molar-refractivity contribution in [1.29, 1.82) is 0 Å². The standard InChI is InChI=1S/C17H18Cl2FN/c1-2-3-9-16(12-7-5-4-6-8-12)21-13-10-14(18)17(20)15(19)11-13/h4-8,10-11,16,21H,2-3,9H2,1H3. The molecule has 0 aliphatic heterocycles. The molecular formula is C17H18Cl2FN. The van der Waals surface area contributed by atoms with Gasteiger partial charge in [-0.2, -0.15) is 0 Å². The van der Waals surface area contributed by atoms with Crippen LogP contribution in [0.1, 0.15) is 37.8 Å². The van der Waals surface area contributed by atoms with Crippen LogP contribution in [0.4, 0.5) is 10.1 Å². The first-order chi connectivity index (χ1) is 10.1. The third-order valence-electron chi connectivity index (χ3n) is 3.37. The molecule has 0 heterocycles. The fourth-order valence-corrected chi connectivity index (χ4v) is 2.74. The van der Waals surface area contributed by atoms with Gasteiger partial charge in [-0.15, -0.1) is 0 Å². The number of benzene rings is 2. The van der Waals surface area contributed by atoms with Crippen LogP contribution in [0, 0.1) is 5.82 Å². The summed E-state index contributed by atoms with van der Waals surface area (Å²) in [4.78, 5) is 0. The zero-order valence-corrected chi connectivity index (χ0v) is 13.4. The second kappa shape index (κ2) is 7.67. The molecule has 1 nitrogen and oxygen atoms in total. The van der Waals surface area contributed by atoms with Gasteiger partial charge in [0.2, 0.25) is 0 Å². The number of rotatable bonds is 6. The molecule has 0 bridgehead atoms. The Morgan fingerprint density at radius 1 is 1.10 bits per heavy atom. The summed E-state index contributed by atoms with van der Waals surface area (Å²) in [7, 11) is 0. The summed E-state index contributed by atoms with van der Waals surface area (Å²) in [5.74, 6) is -0.575. The molecule has 0 saturated heterocycles. The van der Waals surface area contributed by atoms with Crippen LogP contribution in [-0.2, 0) is 0 Å². The van der Waals surface area contributed by atoms with Crippen LogP contribution in [0.25, 0.3) is 0 Å². The first-order valence-corrected chi connectivity index (χ1v) is 7.83. The quantitative estimate of drug-likeness (QED) is 0.599. The van der Waals surface area contributed by atoms with Gasteiger partial charge in [-0.25, -0.2) is 4.39 Å². The van der Waals surface area contributed by atoms with Gasteiger partial charge in [0.25, 0.3) is 0 Å². The maximum Gasteiger partial charge on any atom is 0.160 e. The van der Waals surface area contributed by atoms with Crippen molar-refractivity contribution in [2.24, 2.45) is 0 Å². The molecule has 4 heteroatoms. The average molecular weight is 326 g/mol. The lowest BCUT2D eigenvalue weighted by Gasteiger charge is -2.21. The van der Waals surface area contributed by atoms with E-state index in [9.17, 15) is 4.39 Å². The highest BCUT2D eigenvalue weighted by Gasteiger charge is 2.13. The molecule has 0 spiro atoms. The SMILES string of the molecule is CCCCC(Nc1cc(Cl)c(F)c(Cl)c1)c1ccccc1. The second-order valence-electron chi connectivity index (χ2n) is 5.00. The van der Waals surface area contributed by atoms with Gasteiger partial charge in [-0.3, -0.25) is 0 Å². The molecule has 0 amide bonds. The van der Waals surface area contributed by atoms with Gasteiger partial charge in [-0.1, -0.05) is 73.3 Å². The largest absolute Gasteiger partial charge is 0.378 e. The highest BCUT2D eigenvalue weighted by atomic mass is 35.5. The summed E-state index contributed by atoms with van der Waals surface area (Å²) >= 11 is 11.7. The van der Waals surface area contributed by atoms with Crippen molar-refractivity contribution in [2.75, 3.05) is 5.32 Å². The monoisotopic (exact) mass is 325 g/mol. The van der Waals surface area contributed by atoms with Crippen LogP contribution >= 0.6 is 23.2 Å². The minimum Gasteiger partial charge on any atom is -0.378 e. The Kier molecular flexibility index (Phi) is 5.89. The van der Waals surface area contributed by atoms with Gasteiger partial charge in [0.15, 0.2) is 5.82 Å². The fourth-order valence-electron chi connectivity index (χ4n) is 2.26. The van der Waals surface area contributed by atoms with Crippen LogP contribution in [0.15, 0.2) is 42.5 Å². The summed E-state index contributed by atoms with van der Waals surface area (Å²) in [6, 6.07) is 13.5. The fraction of sp³-hybridized carbons (Fsp3) is 0.294. The molecule has 0 aromatic heterocycles. The topological polar surface area (TPSA) is 12.0 Å². The predicted molar refractivity (Wildman–Crippen MR) is 88.8 cm³/mol. The Hall–Kier alpha value is -1.25. The number of nitrogens with one attached hydrogen (secondary N) is 1. The molecule has 0 aliphatic carbocycles. The van der Waals surface area contributed by atoms with Crippen molar-refractivity contribution in [3.63, 3.8) is 0 Å². The third-order valence-corrected chi connectivity index (χ3v) is 3.92. The highest BCUT2D eigenvalue weighted by Crippen LogP contribution is 2.31. The Bertz CT molecular complexity index is 564. The van der Waals surface area contributed by atoms with E-state index in [0.29, 0.717) is 0 Å². The van der Waals surface area contributed by atoms with Crippen LogP contribution in [-0.4, -0.2) is 0 Å². The smallest absolute Gasteiger partial charge is 0.160 e. The van der Waals surface area contributed by atoms with E-state index in [2.05, 4.69) is 24.4 Å². The molecular weight excluding hydrogens is 308 g/mol. The van der Waals surface area contributed by atoms with Gasteiger partial charge in [0.1, 0.15) is 0 Å². The second-order valence-corrected chi connectivity index (χ2v) is 5.82. The zero-order chi connectivity index (χ0) is 15.2. The van der Waals surface area contributed by atoms with Crippen LogP contribution < -0.4 is 5.32 Å². The maximum absolute atomic E-state index is 13.5. The van der Waals surface area contributed by atoms with Crippen LogP contribution in [0.2, 0.25) is 10.0 Å². The highest BCUT2D eigenvalue weighted by molar-refractivity contribution is 6.35. The first-order valence-electron chi connectivity index (χ1n) is 7.08. The zero-order valence-electron chi connectivity index (χ0n) is 11.9. The number of hydrogen-bond acceptors (Lipinski definition) is 1. The number of anilines is 1. The minimum atomic E-state index is -0.575. The molecule has 1 unspecified atom stereocenters. The number of unbranched alkanes of at least 4 members (excludes halogenated alkanes) is 1. The van der Waals surface area contributed by atoms with E-state index in [-0.39, 0.29) is 16.1 Å². The summed E-state index contributed by atoms with van der Waals surface area (Å²) in [5, 5.41) is 3.47. The average Bonchev–Trinajstić information content (AvgIpc) is 2.49. The Morgan fingerprint density at radius 2 is 1.71 bits per heavy atom. The van der Waals surface area contributed by atoms with Crippen molar-refractivity contribution in [1.82, 2.24) is 0 Å². The van der Waals surface area contributed by atoms with E-state index in [0.717, 1.165) is 24.9 Å². The molecule has 21 heavy (non-hydrogen) atoms. The Morgan fingerprint density at radius 3 is 2.29 bits per heavy atom. The molecule has 2 rings (SSSR count). The lowest BCUT2D eigenvalue weighted by molar-refractivity contribution is 0.625.